The number of benzene rings is 3. The van der Waals surface area contributed by atoms with E-state index in [9.17, 15) is 13.2 Å². The molecule has 1 aliphatic heterocycles. The minimum atomic E-state index is -3.92. The Balaban J connectivity index is 1.67. The number of rotatable bonds is 9. The van der Waals surface area contributed by atoms with Gasteiger partial charge in [-0.1, -0.05) is 49.4 Å². The molecule has 8 nitrogen and oxygen atoms in total. The average Bonchev–Trinajstić information content (AvgIpc) is 2.93. The van der Waals surface area contributed by atoms with Gasteiger partial charge in [0, 0.05) is 37.9 Å². The molecule has 3 aromatic carbocycles. The quantitative estimate of drug-likeness (QED) is 0.439. The van der Waals surface area contributed by atoms with Crippen molar-refractivity contribution in [3.63, 3.8) is 0 Å². The summed E-state index contributed by atoms with van der Waals surface area (Å²) in [5, 5.41) is 2.84. The van der Waals surface area contributed by atoms with Crippen LogP contribution in [0.4, 0.5) is 11.4 Å². The van der Waals surface area contributed by atoms with E-state index in [1.54, 1.807) is 36.4 Å². The van der Waals surface area contributed by atoms with Crippen molar-refractivity contribution in [2.75, 3.05) is 50.1 Å². The molecule has 0 spiro atoms. The first kappa shape index (κ1) is 26.7. The largest absolute Gasteiger partial charge is 0.496 e. The lowest BCUT2D eigenvalue weighted by molar-refractivity contribution is 0.102. The molecule has 4 rings (SSSR count). The Bertz CT molecular complexity index is 1320. The van der Waals surface area contributed by atoms with Crippen LogP contribution in [0.25, 0.3) is 0 Å². The summed E-state index contributed by atoms with van der Waals surface area (Å²) in [6.45, 7) is 8.06. The Kier molecular flexibility index (Phi) is 8.48. The minimum absolute atomic E-state index is 0.137. The summed E-state index contributed by atoms with van der Waals surface area (Å²) in [7, 11) is -2.42. The van der Waals surface area contributed by atoms with Crippen LogP contribution in [-0.4, -0.2) is 59.1 Å². The van der Waals surface area contributed by atoms with Crippen LogP contribution in [0.5, 0.6) is 5.75 Å². The predicted molar refractivity (Wildman–Crippen MR) is 147 cm³/mol. The van der Waals surface area contributed by atoms with Crippen LogP contribution in [0.1, 0.15) is 35.8 Å². The highest BCUT2D eigenvalue weighted by Gasteiger charge is 2.27. The SMILES string of the molecule is CCN1CCN(c2ccc(NC(=O)c3ccccc3OC)cc2S(=O)(=O)N[C@H](C)c2ccccc2)CC1. The Labute approximate surface area is 219 Å². The van der Waals surface area contributed by atoms with Gasteiger partial charge in [0.25, 0.3) is 5.91 Å². The van der Waals surface area contributed by atoms with Gasteiger partial charge in [0.15, 0.2) is 0 Å². The first-order valence-electron chi connectivity index (χ1n) is 12.5. The number of ether oxygens (including phenoxy) is 1. The third-order valence-electron chi connectivity index (χ3n) is 6.65. The number of anilines is 2. The monoisotopic (exact) mass is 522 g/mol. The minimum Gasteiger partial charge on any atom is -0.496 e. The van der Waals surface area contributed by atoms with E-state index in [-0.39, 0.29) is 10.8 Å². The first-order chi connectivity index (χ1) is 17.8. The molecule has 1 amide bonds. The molecule has 2 N–H and O–H groups in total. The molecule has 1 heterocycles. The van der Waals surface area contributed by atoms with Gasteiger partial charge in [0.2, 0.25) is 10.0 Å². The molecule has 1 saturated heterocycles. The topological polar surface area (TPSA) is 91.0 Å². The lowest BCUT2D eigenvalue weighted by atomic mass is 10.1. The zero-order valence-corrected chi connectivity index (χ0v) is 22.3. The highest BCUT2D eigenvalue weighted by molar-refractivity contribution is 7.89. The molecule has 0 unspecified atom stereocenters. The third-order valence-corrected chi connectivity index (χ3v) is 8.22. The molecule has 3 aromatic rings. The molecule has 9 heteroatoms. The van der Waals surface area contributed by atoms with E-state index >= 15 is 0 Å². The normalized spacial score (nSPS) is 15.3. The Morgan fingerprint density at radius 2 is 1.65 bits per heavy atom. The maximum absolute atomic E-state index is 13.7. The molecule has 0 saturated carbocycles. The Morgan fingerprint density at radius 3 is 2.32 bits per heavy atom. The fourth-order valence-electron chi connectivity index (χ4n) is 4.51. The van der Waals surface area contributed by atoms with Gasteiger partial charge in [-0.3, -0.25) is 4.79 Å². The number of carbonyl (C=O) groups is 1. The highest BCUT2D eigenvalue weighted by atomic mass is 32.2. The van der Waals surface area contributed by atoms with Crippen molar-refractivity contribution in [3.05, 3.63) is 83.9 Å². The number of carbonyl (C=O) groups excluding carboxylic acids is 1. The molecule has 196 valence electrons. The van der Waals surface area contributed by atoms with Crippen molar-refractivity contribution in [2.45, 2.75) is 24.8 Å². The average molecular weight is 523 g/mol. The zero-order valence-electron chi connectivity index (χ0n) is 21.5. The van der Waals surface area contributed by atoms with Gasteiger partial charge in [0.1, 0.15) is 10.6 Å². The van der Waals surface area contributed by atoms with Crippen molar-refractivity contribution < 1.29 is 17.9 Å². The fourth-order valence-corrected chi connectivity index (χ4v) is 5.99. The van der Waals surface area contributed by atoms with Gasteiger partial charge >= 0.3 is 0 Å². The molecule has 1 fully saturated rings. The summed E-state index contributed by atoms with van der Waals surface area (Å²) < 4.78 is 35.6. The van der Waals surface area contributed by atoms with Crippen molar-refractivity contribution in [1.29, 1.82) is 0 Å². The van der Waals surface area contributed by atoms with Crippen LogP contribution < -0.4 is 19.7 Å². The zero-order chi connectivity index (χ0) is 26.4. The Morgan fingerprint density at radius 1 is 0.973 bits per heavy atom. The predicted octanol–water partition coefficient (Wildman–Crippen LogP) is 4.13. The lowest BCUT2D eigenvalue weighted by Crippen LogP contribution is -2.46. The molecule has 0 aromatic heterocycles. The second-order valence-corrected chi connectivity index (χ2v) is 10.7. The van der Waals surface area contributed by atoms with E-state index in [4.69, 9.17) is 4.74 Å². The molecule has 1 aliphatic rings. The molecule has 1 atom stereocenters. The third kappa shape index (κ3) is 6.30. The number of sulfonamides is 1. The van der Waals surface area contributed by atoms with Gasteiger partial charge < -0.3 is 19.9 Å². The van der Waals surface area contributed by atoms with Gasteiger partial charge in [0.05, 0.1) is 18.4 Å². The number of nitrogens with zero attached hydrogens (tertiary/aromatic N) is 2. The van der Waals surface area contributed by atoms with Crippen LogP contribution in [0, 0.1) is 0 Å². The summed E-state index contributed by atoms with van der Waals surface area (Å²) in [6, 6.07) is 21.0. The standard InChI is InChI=1S/C28H34N4O4S/c1-4-31-16-18-32(19-17-31)25-15-14-23(29-28(33)24-12-8-9-13-26(24)36-3)20-27(25)37(34,35)30-21(2)22-10-6-5-7-11-22/h5-15,20-21,30H,4,16-19H2,1-3H3,(H,29,33)/t21-/m1/s1. The van der Waals surface area contributed by atoms with E-state index in [1.165, 1.54) is 13.2 Å². The van der Waals surface area contributed by atoms with Crippen LogP contribution in [0.3, 0.4) is 0 Å². The first-order valence-corrected chi connectivity index (χ1v) is 13.9. The van der Waals surface area contributed by atoms with Crippen LogP contribution >= 0.6 is 0 Å². The number of para-hydroxylation sites is 1. The summed E-state index contributed by atoms with van der Waals surface area (Å²) in [5.74, 6) is 0.0623. The van der Waals surface area contributed by atoms with Gasteiger partial charge in [-0.25, -0.2) is 13.1 Å². The summed E-state index contributed by atoms with van der Waals surface area (Å²) in [5.41, 5.74) is 2.24. The van der Waals surface area contributed by atoms with E-state index in [0.29, 0.717) is 22.7 Å². The van der Waals surface area contributed by atoms with Crippen molar-refractivity contribution in [2.24, 2.45) is 0 Å². The van der Waals surface area contributed by atoms with E-state index in [1.807, 2.05) is 37.3 Å². The smallest absolute Gasteiger partial charge is 0.259 e. The van der Waals surface area contributed by atoms with Crippen molar-refractivity contribution in [3.8, 4) is 5.75 Å². The molecular formula is C28H34N4O4S. The van der Waals surface area contributed by atoms with Crippen LogP contribution in [0.2, 0.25) is 0 Å². The molecule has 37 heavy (non-hydrogen) atoms. The lowest BCUT2D eigenvalue weighted by Gasteiger charge is -2.36. The van der Waals surface area contributed by atoms with Gasteiger partial charge in [-0.15, -0.1) is 0 Å². The van der Waals surface area contributed by atoms with Crippen molar-refractivity contribution in [1.82, 2.24) is 9.62 Å². The molecule has 0 aliphatic carbocycles. The number of amides is 1. The Hall–Kier alpha value is -3.40. The molecule has 0 radical (unpaired) electrons. The summed E-state index contributed by atoms with van der Waals surface area (Å²) in [6.07, 6.45) is 0. The molecular weight excluding hydrogens is 488 g/mol. The van der Waals surface area contributed by atoms with Gasteiger partial charge in [-0.05, 0) is 49.4 Å². The van der Waals surface area contributed by atoms with Crippen LogP contribution in [-0.2, 0) is 10.0 Å². The summed E-state index contributed by atoms with van der Waals surface area (Å²) in [4.78, 5) is 17.6. The van der Waals surface area contributed by atoms with E-state index in [0.717, 1.165) is 38.3 Å². The number of hydrogen-bond acceptors (Lipinski definition) is 6. The maximum Gasteiger partial charge on any atom is 0.259 e. The van der Waals surface area contributed by atoms with E-state index in [2.05, 4.69) is 26.8 Å². The highest BCUT2D eigenvalue weighted by Crippen LogP contribution is 2.31. The summed E-state index contributed by atoms with van der Waals surface area (Å²) >= 11 is 0. The maximum atomic E-state index is 13.7. The number of hydrogen-bond donors (Lipinski definition) is 2. The van der Waals surface area contributed by atoms with Crippen LogP contribution in [0.15, 0.2) is 77.7 Å². The molecule has 0 bridgehead atoms. The van der Waals surface area contributed by atoms with E-state index < -0.39 is 16.1 Å². The number of methoxy groups -OCH3 is 1. The second kappa shape index (κ2) is 11.8. The number of likely N-dealkylation sites (N-methyl/N-ethyl adjacent to an activating group) is 1. The van der Waals surface area contributed by atoms with Crippen molar-refractivity contribution >= 4 is 27.3 Å². The second-order valence-electron chi connectivity index (χ2n) is 9.01. The van der Waals surface area contributed by atoms with Gasteiger partial charge in [-0.2, -0.15) is 0 Å². The number of nitrogens with one attached hydrogen (secondary N) is 2. The number of piperazine rings is 1. The fraction of sp³-hybridized carbons (Fsp3) is 0.321.